The topological polar surface area (TPSA) is 72.3 Å². The summed E-state index contributed by atoms with van der Waals surface area (Å²) >= 11 is 0. The van der Waals surface area contributed by atoms with Gasteiger partial charge in [-0.05, 0) is 31.4 Å². The lowest BCUT2D eigenvalue weighted by Gasteiger charge is -2.23. The molecular weight excluding hydrogens is 326 g/mol. The van der Waals surface area contributed by atoms with E-state index in [1.54, 1.807) is 4.90 Å². The van der Waals surface area contributed by atoms with Crippen LogP contribution in [0.4, 0.5) is 5.69 Å². The number of benzene rings is 1. The van der Waals surface area contributed by atoms with Crippen molar-refractivity contribution in [3.63, 3.8) is 0 Å². The van der Waals surface area contributed by atoms with Gasteiger partial charge in [0.1, 0.15) is 6.04 Å². The number of hydrogen-bond acceptors (Lipinski definition) is 5. The number of rotatable bonds is 4. The van der Waals surface area contributed by atoms with Crippen LogP contribution in [0.25, 0.3) is 10.9 Å². The summed E-state index contributed by atoms with van der Waals surface area (Å²) in [6.07, 6.45) is 4.58. The molecule has 0 aliphatic carbocycles. The second-order valence-electron chi connectivity index (χ2n) is 7.11. The Kier molecular flexibility index (Phi) is 4.72. The molecular formula is C20H23N5O. The molecule has 0 saturated carbocycles. The highest BCUT2D eigenvalue weighted by Crippen LogP contribution is 2.24. The van der Waals surface area contributed by atoms with Crippen LogP contribution in [0, 0.1) is 11.3 Å². The lowest BCUT2D eigenvalue weighted by Crippen LogP contribution is -2.42. The molecule has 1 N–H and O–H groups in total. The number of aromatic nitrogens is 1. The highest BCUT2D eigenvalue weighted by atomic mass is 16.2. The summed E-state index contributed by atoms with van der Waals surface area (Å²) in [6.45, 7) is 2.87. The lowest BCUT2D eigenvalue weighted by molar-refractivity contribution is -0.132. The van der Waals surface area contributed by atoms with Gasteiger partial charge in [0, 0.05) is 42.9 Å². The van der Waals surface area contributed by atoms with Crippen LogP contribution in [0.5, 0.6) is 0 Å². The van der Waals surface area contributed by atoms with Crippen LogP contribution in [-0.2, 0) is 4.79 Å². The van der Waals surface area contributed by atoms with E-state index in [-0.39, 0.29) is 11.9 Å². The Labute approximate surface area is 153 Å². The number of nitrogens with zero attached hydrogens (tertiary/aromatic N) is 4. The van der Waals surface area contributed by atoms with Crippen LogP contribution >= 0.6 is 0 Å². The second-order valence-corrected chi connectivity index (χ2v) is 7.11. The Morgan fingerprint density at radius 2 is 2.15 bits per heavy atom. The molecule has 0 bridgehead atoms. The van der Waals surface area contributed by atoms with Gasteiger partial charge in [0.05, 0.1) is 18.1 Å². The summed E-state index contributed by atoms with van der Waals surface area (Å²) in [4.78, 5) is 20.9. The Morgan fingerprint density at radius 3 is 3.04 bits per heavy atom. The van der Waals surface area contributed by atoms with E-state index in [2.05, 4.69) is 27.3 Å². The quantitative estimate of drug-likeness (QED) is 0.916. The normalized spacial score (nSPS) is 23.3. The van der Waals surface area contributed by atoms with E-state index < -0.39 is 0 Å². The van der Waals surface area contributed by atoms with E-state index in [1.807, 2.05) is 30.5 Å². The summed E-state index contributed by atoms with van der Waals surface area (Å²) in [5.41, 5.74) is 2.08. The van der Waals surface area contributed by atoms with E-state index in [0.717, 1.165) is 55.5 Å². The maximum Gasteiger partial charge on any atom is 0.237 e. The molecule has 4 rings (SSSR count). The standard InChI is InChI=1S/C20H23N5O/c21-12-16-4-3-10-25(16)20(26)14-24-11-8-15(13-24)23-19-7-9-22-18-6-2-1-5-17(18)19/h1-2,5-7,9,15-16H,3-4,8,10-11,13-14H2,(H,22,23)/t15-,16-/m0/s1. The van der Waals surface area contributed by atoms with Crippen LogP contribution in [0.2, 0.25) is 0 Å². The van der Waals surface area contributed by atoms with Gasteiger partial charge < -0.3 is 10.2 Å². The SMILES string of the molecule is N#C[C@@H]1CCCN1C(=O)CN1CC[C@H](Nc2ccnc3ccccc23)C1. The van der Waals surface area contributed by atoms with Crippen molar-refractivity contribution >= 4 is 22.5 Å². The first kappa shape index (κ1) is 16.8. The zero-order valence-electron chi connectivity index (χ0n) is 14.8. The number of likely N-dealkylation sites (tertiary alicyclic amines) is 2. The van der Waals surface area contributed by atoms with Crippen LogP contribution in [0.15, 0.2) is 36.5 Å². The van der Waals surface area contributed by atoms with E-state index in [0.29, 0.717) is 12.6 Å². The molecule has 1 aromatic carbocycles. The molecule has 0 radical (unpaired) electrons. The van der Waals surface area contributed by atoms with Gasteiger partial charge in [0.25, 0.3) is 0 Å². The maximum atomic E-state index is 12.5. The fraction of sp³-hybridized carbons (Fsp3) is 0.450. The molecule has 0 spiro atoms. The molecule has 2 aromatic rings. The minimum Gasteiger partial charge on any atom is -0.380 e. The molecule has 2 aliphatic rings. The maximum absolute atomic E-state index is 12.5. The molecule has 26 heavy (non-hydrogen) atoms. The Hall–Kier alpha value is -2.65. The van der Waals surface area contributed by atoms with Gasteiger partial charge in [-0.1, -0.05) is 18.2 Å². The van der Waals surface area contributed by atoms with Crippen molar-refractivity contribution in [2.45, 2.75) is 31.3 Å². The minimum absolute atomic E-state index is 0.0871. The smallest absolute Gasteiger partial charge is 0.237 e. The van der Waals surface area contributed by atoms with Crippen molar-refractivity contribution in [1.82, 2.24) is 14.8 Å². The van der Waals surface area contributed by atoms with Crippen molar-refractivity contribution in [3.05, 3.63) is 36.5 Å². The lowest BCUT2D eigenvalue weighted by atomic mass is 10.1. The monoisotopic (exact) mass is 349 g/mol. The third-order valence-corrected chi connectivity index (χ3v) is 5.36. The summed E-state index contributed by atoms with van der Waals surface area (Å²) in [7, 11) is 0. The van der Waals surface area contributed by atoms with Crippen molar-refractivity contribution in [3.8, 4) is 6.07 Å². The van der Waals surface area contributed by atoms with Gasteiger partial charge >= 0.3 is 0 Å². The fourth-order valence-corrected chi connectivity index (χ4v) is 4.02. The summed E-state index contributed by atoms with van der Waals surface area (Å²) < 4.78 is 0. The number of pyridine rings is 1. The zero-order chi connectivity index (χ0) is 17.9. The van der Waals surface area contributed by atoms with Gasteiger partial charge in [-0.2, -0.15) is 5.26 Å². The molecule has 6 heteroatoms. The average Bonchev–Trinajstić information content (AvgIpc) is 3.31. The number of carbonyl (C=O) groups excluding carboxylic acids is 1. The third kappa shape index (κ3) is 3.35. The third-order valence-electron chi connectivity index (χ3n) is 5.36. The Morgan fingerprint density at radius 1 is 1.27 bits per heavy atom. The number of fused-ring (bicyclic) bond motifs is 1. The molecule has 134 valence electrons. The number of carbonyl (C=O) groups is 1. The average molecular weight is 349 g/mol. The van der Waals surface area contributed by atoms with E-state index in [1.165, 1.54) is 0 Å². The summed E-state index contributed by atoms with van der Waals surface area (Å²) in [6, 6.07) is 12.5. The van der Waals surface area contributed by atoms with Crippen molar-refractivity contribution in [1.29, 1.82) is 5.26 Å². The molecule has 2 saturated heterocycles. The van der Waals surface area contributed by atoms with Gasteiger partial charge in [-0.3, -0.25) is 14.7 Å². The van der Waals surface area contributed by atoms with Crippen LogP contribution in [0.3, 0.4) is 0 Å². The molecule has 2 atom stereocenters. The largest absolute Gasteiger partial charge is 0.380 e. The number of anilines is 1. The first-order valence-electron chi connectivity index (χ1n) is 9.26. The van der Waals surface area contributed by atoms with Crippen molar-refractivity contribution in [2.24, 2.45) is 0 Å². The summed E-state index contributed by atoms with van der Waals surface area (Å²) in [5.74, 6) is 0.0871. The summed E-state index contributed by atoms with van der Waals surface area (Å²) in [5, 5.41) is 13.9. The Bertz CT molecular complexity index is 840. The van der Waals surface area contributed by atoms with Gasteiger partial charge in [0.2, 0.25) is 5.91 Å². The van der Waals surface area contributed by atoms with Crippen LogP contribution < -0.4 is 5.32 Å². The van der Waals surface area contributed by atoms with Crippen LogP contribution in [-0.4, -0.2) is 59.0 Å². The number of hydrogen-bond donors (Lipinski definition) is 1. The fourth-order valence-electron chi connectivity index (χ4n) is 4.02. The van der Waals surface area contributed by atoms with Crippen molar-refractivity contribution in [2.75, 3.05) is 31.5 Å². The second kappa shape index (κ2) is 7.30. The molecule has 0 unspecified atom stereocenters. The van der Waals surface area contributed by atoms with Crippen molar-refractivity contribution < 1.29 is 4.79 Å². The zero-order valence-corrected chi connectivity index (χ0v) is 14.8. The minimum atomic E-state index is -0.234. The van der Waals surface area contributed by atoms with E-state index in [4.69, 9.17) is 5.26 Å². The first-order chi connectivity index (χ1) is 12.7. The molecule has 1 amide bonds. The number of amides is 1. The molecule has 6 nitrogen and oxygen atoms in total. The number of para-hydroxylation sites is 1. The van der Waals surface area contributed by atoms with E-state index in [9.17, 15) is 4.79 Å². The predicted octanol–water partition coefficient (Wildman–Crippen LogP) is 2.24. The molecule has 1 aromatic heterocycles. The van der Waals surface area contributed by atoms with Crippen LogP contribution in [0.1, 0.15) is 19.3 Å². The highest BCUT2D eigenvalue weighted by molar-refractivity contribution is 5.91. The number of nitrogens with one attached hydrogen (secondary N) is 1. The van der Waals surface area contributed by atoms with Gasteiger partial charge in [-0.15, -0.1) is 0 Å². The Balaban J connectivity index is 1.37. The molecule has 2 aliphatic heterocycles. The van der Waals surface area contributed by atoms with E-state index >= 15 is 0 Å². The molecule has 3 heterocycles. The molecule has 2 fully saturated rings. The number of nitriles is 1. The van der Waals surface area contributed by atoms with Gasteiger partial charge in [-0.25, -0.2) is 0 Å². The predicted molar refractivity (Wildman–Crippen MR) is 101 cm³/mol. The first-order valence-corrected chi connectivity index (χ1v) is 9.26. The van der Waals surface area contributed by atoms with Gasteiger partial charge in [0.15, 0.2) is 0 Å². The highest BCUT2D eigenvalue weighted by Gasteiger charge is 2.31.